The fraction of sp³-hybridized carbons (Fsp3) is 0.188. The molecule has 0 radical (unpaired) electrons. The van der Waals surface area contributed by atoms with E-state index in [4.69, 9.17) is 10.5 Å². The zero-order valence-corrected chi connectivity index (χ0v) is 13.0. The second-order valence-electron chi connectivity index (χ2n) is 4.53. The summed E-state index contributed by atoms with van der Waals surface area (Å²) in [5.74, 6) is 0.506. The van der Waals surface area contributed by atoms with E-state index in [1.54, 1.807) is 18.2 Å². The minimum absolute atomic E-state index is 0.0925. The standard InChI is InChI=1S/C16H16BrNO2/c1-3-20-15-5-4-10(2)6-14(15)16(19)11-7-12(17)9-13(18)8-11/h4-9H,3,18H2,1-2H3. The van der Waals surface area contributed by atoms with Gasteiger partial charge in [0.15, 0.2) is 5.78 Å². The largest absolute Gasteiger partial charge is 0.493 e. The molecule has 0 aliphatic rings. The number of ketones is 1. The van der Waals surface area contributed by atoms with E-state index in [0.29, 0.717) is 29.2 Å². The van der Waals surface area contributed by atoms with Crippen LogP contribution in [0.3, 0.4) is 0 Å². The summed E-state index contributed by atoms with van der Waals surface area (Å²) >= 11 is 3.35. The van der Waals surface area contributed by atoms with Gasteiger partial charge in [0, 0.05) is 15.7 Å². The van der Waals surface area contributed by atoms with Gasteiger partial charge in [0.05, 0.1) is 12.2 Å². The van der Waals surface area contributed by atoms with Gasteiger partial charge in [0.1, 0.15) is 5.75 Å². The molecule has 0 atom stereocenters. The van der Waals surface area contributed by atoms with Crippen LogP contribution in [0.2, 0.25) is 0 Å². The van der Waals surface area contributed by atoms with Crippen LogP contribution >= 0.6 is 15.9 Å². The topological polar surface area (TPSA) is 52.3 Å². The summed E-state index contributed by atoms with van der Waals surface area (Å²) in [6, 6.07) is 10.8. The highest BCUT2D eigenvalue weighted by molar-refractivity contribution is 9.10. The molecule has 2 aromatic rings. The molecular formula is C16H16BrNO2. The molecular weight excluding hydrogens is 318 g/mol. The Labute approximate surface area is 126 Å². The predicted molar refractivity (Wildman–Crippen MR) is 84.3 cm³/mol. The Morgan fingerprint density at radius 2 is 2.00 bits per heavy atom. The third-order valence-electron chi connectivity index (χ3n) is 2.86. The molecule has 0 heterocycles. The summed E-state index contributed by atoms with van der Waals surface area (Å²) in [6.07, 6.45) is 0. The molecule has 20 heavy (non-hydrogen) atoms. The van der Waals surface area contributed by atoms with E-state index >= 15 is 0 Å². The number of hydrogen-bond acceptors (Lipinski definition) is 3. The van der Waals surface area contributed by atoms with E-state index in [1.807, 2.05) is 32.0 Å². The SMILES string of the molecule is CCOc1ccc(C)cc1C(=O)c1cc(N)cc(Br)c1. The molecule has 0 spiro atoms. The second-order valence-corrected chi connectivity index (χ2v) is 5.45. The van der Waals surface area contributed by atoms with Crippen molar-refractivity contribution in [3.05, 3.63) is 57.6 Å². The number of anilines is 1. The summed E-state index contributed by atoms with van der Waals surface area (Å²) in [7, 11) is 0. The third kappa shape index (κ3) is 3.20. The maximum atomic E-state index is 12.6. The second kappa shape index (κ2) is 6.09. The van der Waals surface area contributed by atoms with E-state index in [2.05, 4.69) is 15.9 Å². The van der Waals surface area contributed by atoms with Crippen molar-refractivity contribution in [1.82, 2.24) is 0 Å². The first-order chi connectivity index (χ1) is 9.51. The molecule has 0 fully saturated rings. The molecule has 0 saturated heterocycles. The molecule has 0 saturated carbocycles. The molecule has 0 aromatic heterocycles. The minimum atomic E-state index is -0.0925. The Kier molecular flexibility index (Phi) is 4.45. The van der Waals surface area contributed by atoms with Crippen molar-refractivity contribution in [1.29, 1.82) is 0 Å². The normalized spacial score (nSPS) is 10.3. The smallest absolute Gasteiger partial charge is 0.196 e. The number of hydrogen-bond donors (Lipinski definition) is 1. The van der Waals surface area contributed by atoms with Crippen LogP contribution in [0.1, 0.15) is 28.4 Å². The number of rotatable bonds is 4. The highest BCUT2D eigenvalue weighted by Crippen LogP contribution is 2.26. The maximum Gasteiger partial charge on any atom is 0.196 e. The van der Waals surface area contributed by atoms with Gasteiger partial charge in [-0.25, -0.2) is 0 Å². The zero-order valence-electron chi connectivity index (χ0n) is 11.4. The quantitative estimate of drug-likeness (QED) is 0.680. The minimum Gasteiger partial charge on any atom is -0.493 e. The average Bonchev–Trinajstić information content (AvgIpc) is 2.39. The fourth-order valence-corrected chi connectivity index (χ4v) is 2.51. The van der Waals surface area contributed by atoms with Crippen LogP contribution in [0, 0.1) is 6.92 Å². The number of benzene rings is 2. The summed E-state index contributed by atoms with van der Waals surface area (Å²) in [6.45, 7) is 4.36. The van der Waals surface area contributed by atoms with Crippen LogP contribution in [-0.4, -0.2) is 12.4 Å². The van der Waals surface area contributed by atoms with Crippen molar-refractivity contribution in [3.8, 4) is 5.75 Å². The van der Waals surface area contributed by atoms with Crippen molar-refractivity contribution in [3.63, 3.8) is 0 Å². The van der Waals surface area contributed by atoms with Crippen LogP contribution in [-0.2, 0) is 0 Å². The first-order valence-electron chi connectivity index (χ1n) is 6.35. The van der Waals surface area contributed by atoms with Crippen molar-refractivity contribution in [2.75, 3.05) is 12.3 Å². The molecule has 4 heteroatoms. The maximum absolute atomic E-state index is 12.6. The summed E-state index contributed by atoms with van der Waals surface area (Å²) in [5, 5.41) is 0. The van der Waals surface area contributed by atoms with Crippen LogP contribution in [0.15, 0.2) is 40.9 Å². The number of nitrogen functional groups attached to an aromatic ring is 1. The molecule has 0 amide bonds. The van der Waals surface area contributed by atoms with Gasteiger partial charge in [-0.3, -0.25) is 4.79 Å². The van der Waals surface area contributed by atoms with Gasteiger partial charge in [0.25, 0.3) is 0 Å². The number of nitrogens with two attached hydrogens (primary N) is 1. The van der Waals surface area contributed by atoms with Crippen LogP contribution in [0.5, 0.6) is 5.75 Å². The Balaban J connectivity index is 2.49. The van der Waals surface area contributed by atoms with E-state index in [0.717, 1.165) is 10.0 Å². The molecule has 3 nitrogen and oxygen atoms in total. The van der Waals surface area contributed by atoms with Gasteiger partial charge in [-0.1, -0.05) is 27.6 Å². The van der Waals surface area contributed by atoms with Crippen molar-refractivity contribution in [2.45, 2.75) is 13.8 Å². The molecule has 0 bridgehead atoms. The molecule has 0 aliphatic heterocycles. The molecule has 104 valence electrons. The molecule has 2 N–H and O–H groups in total. The molecule has 2 aromatic carbocycles. The van der Waals surface area contributed by atoms with Crippen LogP contribution in [0.25, 0.3) is 0 Å². The van der Waals surface area contributed by atoms with E-state index in [9.17, 15) is 4.79 Å². The fourth-order valence-electron chi connectivity index (χ4n) is 2.00. The number of aryl methyl sites for hydroxylation is 1. The summed E-state index contributed by atoms with van der Waals surface area (Å²) < 4.78 is 6.32. The van der Waals surface area contributed by atoms with Gasteiger partial charge in [-0.15, -0.1) is 0 Å². The zero-order chi connectivity index (χ0) is 14.7. The number of halogens is 1. The lowest BCUT2D eigenvalue weighted by Gasteiger charge is -2.11. The predicted octanol–water partition coefficient (Wildman–Crippen LogP) is 3.97. The van der Waals surface area contributed by atoms with Crippen molar-refractivity contribution >= 4 is 27.4 Å². The van der Waals surface area contributed by atoms with E-state index in [1.165, 1.54) is 0 Å². The average molecular weight is 334 g/mol. The number of carbonyl (C=O) groups is 1. The van der Waals surface area contributed by atoms with Gasteiger partial charge >= 0.3 is 0 Å². The van der Waals surface area contributed by atoms with Gasteiger partial charge in [-0.05, 0) is 44.2 Å². The van der Waals surface area contributed by atoms with Gasteiger partial charge in [0.2, 0.25) is 0 Å². The van der Waals surface area contributed by atoms with Gasteiger partial charge in [-0.2, -0.15) is 0 Å². The van der Waals surface area contributed by atoms with Crippen molar-refractivity contribution < 1.29 is 9.53 Å². The Hall–Kier alpha value is -1.81. The molecule has 0 unspecified atom stereocenters. The number of carbonyl (C=O) groups excluding carboxylic acids is 1. The first-order valence-corrected chi connectivity index (χ1v) is 7.14. The lowest BCUT2D eigenvalue weighted by molar-refractivity contribution is 0.103. The third-order valence-corrected chi connectivity index (χ3v) is 3.32. The molecule has 0 aliphatic carbocycles. The van der Waals surface area contributed by atoms with Crippen LogP contribution < -0.4 is 10.5 Å². The monoisotopic (exact) mass is 333 g/mol. The Morgan fingerprint density at radius 1 is 1.25 bits per heavy atom. The highest BCUT2D eigenvalue weighted by Gasteiger charge is 2.16. The lowest BCUT2D eigenvalue weighted by Crippen LogP contribution is -2.06. The number of ether oxygens (including phenoxy) is 1. The highest BCUT2D eigenvalue weighted by atomic mass is 79.9. The summed E-state index contributed by atoms with van der Waals surface area (Å²) in [5.41, 5.74) is 8.46. The van der Waals surface area contributed by atoms with Crippen LogP contribution in [0.4, 0.5) is 5.69 Å². The van der Waals surface area contributed by atoms with Gasteiger partial charge < -0.3 is 10.5 Å². The Bertz CT molecular complexity index is 633. The lowest BCUT2D eigenvalue weighted by atomic mass is 10.0. The van der Waals surface area contributed by atoms with Crippen molar-refractivity contribution in [2.24, 2.45) is 0 Å². The molecule has 2 rings (SSSR count). The van der Waals surface area contributed by atoms with E-state index in [-0.39, 0.29) is 5.78 Å². The summed E-state index contributed by atoms with van der Waals surface area (Å²) in [4.78, 5) is 12.6. The Morgan fingerprint density at radius 3 is 2.65 bits per heavy atom. The van der Waals surface area contributed by atoms with E-state index < -0.39 is 0 Å². The first kappa shape index (κ1) is 14.6.